The second-order valence-electron chi connectivity index (χ2n) is 6.07. The summed E-state index contributed by atoms with van der Waals surface area (Å²) >= 11 is 0. The first kappa shape index (κ1) is 22.6. The SMILES string of the molecule is O=C(O)CN(Cc1cc(S(=O)(=O)O)ccc1O)Cc1cc(S(=O)(=O)O)ccc1O. The molecule has 0 aliphatic heterocycles. The van der Waals surface area contributed by atoms with Crippen LogP contribution in [0, 0.1) is 0 Å². The van der Waals surface area contributed by atoms with Crippen LogP contribution in [0.4, 0.5) is 0 Å². The molecule has 13 heteroatoms. The Kier molecular flexibility index (Phi) is 6.50. The highest BCUT2D eigenvalue weighted by Gasteiger charge is 2.19. The Morgan fingerprint density at radius 1 is 0.793 bits per heavy atom. The van der Waals surface area contributed by atoms with Crippen molar-refractivity contribution in [3.05, 3.63) is 47.5 Å². The Labute approximate surface area is 166 Å². The van der Waals surface area contributed by atoms with Crippen molar-refractivity contribution in [3.8, 4) is 11.5 Å². The molecule has 0 aromatic heterocycles. The molecule has 0 bridgehead atoms. The standard InChI is InChI=1S/C16H17NO10S2/c18-14-3-1-12(28(22,23)24)5-10(14)7-17(9-16(20)21)8-11-6-13(29(25,26)27)2-4-15(11)19/h1-6,18-19H,7-9H2,(H,20,21)(H,22,23,24)(H,25,26,27). The summed E-state index contributed by atoms with van der Waals surface area (Å²) in [5.41, 5.74) is -0.0707. The van der Waals surface area contributed by atoms with Crippen molar-refractivity contribution in [3.63, 3.8) is 0 Å². The van der Waals surface area contributed by atoms with Crippen molar-refractivity contribution in [2.75, 3.05) is 6.54 Å². The Balaban J connectivity index is 2.41. The molecule has 0 fully saturated rings. The number of nitrogens with zero attached hydrogens (tertiary/aromatic N) is 1. The van der Waals surface area contributed by atoms with E-state index in [2.05, 4.69) is 0 Å². The summed E-state index contributed by atoms with van der Waals surface area (Å²) in [4.78, 5) is 11.3. The Morgan fingerprint density at radius 2 is 1.17 bits per heavy atom. The van der Waals surface area contributed by atoms with Crippen LogP contribution in [0.2, 0.25) is 0 Å². The van der Waals surface area contributed by atoms with E-state index in [1.54, 1.807) is 0 Å². The first-order valence-electron chi connectivity index (χ1n) is 7.80. The Morgan fingerprint density at radius 3 is 1.48 bits per heavy atom. The van der Waals surface area contributed by atoms with Crippen LogP contribution in [-0.4, -0.2) is 58.7 Å². The van der Waals surface area contributed by atoms with Crippen molar-refractivity contribution in [2.24, 2.45) is 0 Å². The number of aliphatic carboxylic acids is 1. The number of carbonyl (C=O) groups is 1. The number of phenols is 2. The van der Waals surface area contributed by atoms with Crippen molar-refractivity contribution in [1.29, 1.82) is 0 Å². The number of carboxylic acid groups (broad SMARTS) is 1. The first-order chi connectivity index (χ1) is 13.3. The summed E-state index contributed by atoms with van der Waals surface area (Å²) in [7, 11) is -9.14. The number of aromatic hydroxyl groups is 2. The Bertz CT molecular complexity index is 1060. The Hall–Kier alpha value is -2.71. The van der Waals surface area contributed by atoms with E-state index in [0.29, 0.717) is 0 Å². The lowest BCUT2D eigenvalue weighted by Gasteiger charge is -2.22. The summed E-state index contributed by atoms with van der Waals surface area (Å²) in [6, 6.07) is 5.83. The molecule has 0 radical (unpaired) electrons. The molecule has 0 saturated carbocycles. The summed E-state index contributed by atoms with van der Waals surface area (Å²) in [6.07, 6.45) is 0. The van der Waals surface area contributed by atoms with E-state index in [0.717, 1.165) is 41.3 Å². The third-order valence-electron chi connectivity index (χ3n) is 3.84. The third kappa shape index (κ3) is 6.13. The molecule has 0 saturated heterocycles. The van der Waals surface area contributed by atoms with Gasteiger partial charge in [0.25, 0.3) is 20.2 Å². The van der Waals surface area contributed by atoms with E-state index in [4.69, 9.17) is 14.2 Å². The van der Waals surface area contributed by atoms with Crippen molar-refractivity contribution < 1.29 is 46.1 Å². The van der Waals surface area contributed by atoms with Crippen LogP contribution in [0.3, 0.4) is 0 Å². The second kappa shape index (κ2) is 8.34. The maximum atomic E-state index is 11.3. The number of hydrogen-bond acceptors (Lipinski definition) is 8. The summed E-state index contributed by atoms with van der Waals surface area (Å²) < 4.78 is 63.4. The molecule has 2 rings (SSSR count). The number of benzene rings is 2. The summed E-state index contributed by atoms with van der Waals surface area (Å²) in [5, 5.41) is 29.0. The van der Waals surface area contributed by atoms with Gasteiger partial charge in [-0.05, 0) is 36.4 Å². The zero-order valence-corrected chi connectivity index (χ0v) is 16.3. The fraction of sp³-hybridized carbons (Fsp3) is 0.188. The van der Waals surface area contributed by atoms with Gasteiger partial charge >= 0.3 is 5.97 Å². The van der Waals surface area contributed by atoms with Crippen LogP contribution in [0.25, 0.3) is 0 Å². The van der Waals surface area contributed by atoms with Gasteiger partial charge in [0.2, 0.25) is 0 Å². The zero-order chi connectivity index (χ0) is 22.0. The lowest BCUT2D eigenvalue weighted by atomic mass is 10.1. The molecule has 0 atom stereocenters. The van der Waals surface area contributed by atoms with Crippen molar-refractivity contribution >= 4 is 26.2 Å². The fourth-order valence-corrected chi connectivity index (χ4v) is 3.60. The molecular formula is C16H17NO10S2. The average molecular weight is 447 g/mol. The largest absolute Gasteiger partial charge is 0.508 e. The lowest BCUT2D eigenvalue weighted by Crippen LogP contribution is -2.29. The van der Waals surface area contributed by atoms with E-state index in [9.17, 15) is 31.8 Å². The van der Waals surface area contributed by atoms with Crippen LogP contribution in [-0.2, 0) is 38.1 Å². The molecule has 5 N–H and O–H groups in total. The van der Waals surface area contributed by atoms with E-state index in [1.807, 2.05) is 0 Å². The van der Waals surface area contributed by atoms with Gasteiger partial charge in [0.1, 0.15) is 11.5 Å². The summed E-state index contributed by atoms with van der Waals surface area (Å²) in [5.74, 6) is -2.03. The second-order valence-corrected chi connectivity index (χ2v) is 8.91. The molecule has 2 aromatic carbocycles. The van der Waals surface area contributed by atoms with Gasteiger partial charge in [0.15, 0.2) is 0 Å². The quantitative estimate of drug-likeness (QED) is 0.358. The zero-order valence-electron chi connectivity index (χ0n) is 14.6. The lowest BCUT2D eigenvalue weighted by molar-refractivity contribution is -0.138. The van der Waals surface area contributed by atoms with Gasteiger partial charge in [-0.25, -0.2) is 0 Å². The van der Waals surface area contributed by atoms with Gasteiger partial charge in [-0.2, -0.15) is 16.8 Å². The average Bonchev–Trinajstić information content (AvgIpc) is 2.56. The molecule has 29 heavy (non-hydrogen) atoms. The molecule has 0 spiro atoms. The van der Waals surface area contributed by atoms with Gasteiger partial charge in [-0.3, -0.25) is 18.8 Å². The minimum absolute atomic E-state index is 0.0354. The molecule has 11 nitrogen and oxygen atoms in total. The smallest absolute Gasteiger partial charge is 0.317 e. The van der Waals surface area contributed by atoms with Crippen LogP contribution >= 0.6 is 0 Å². The highest BCUT2D eigenvalue weighted by Crippen LogP contribution is 2.26. The van der Waals surface area contributed by atoms with E-state index >= 15 is 0 Å². The van der Waals surface area contributed by atoms with Crippen molar-refractivity contribution in [2.45, 2.75) is 22.9 Å². The molecule has 2 aromatic rings. The van der Waals surface area contributed by atoms with Gasteiger partial charge in [0.05, 0.1) is 16.3 Å². The fourth-order valence-electron chi connectivity index (χ4n) is 2.54. The molecule has 0 aliphatic rings. The van der Waals surface area contributed by atoms with E-state index in [1.165, 1.54) is 0 Å². The molecule has 158 valence electrons. The van der Waals surface area contributed by atoms with Gasteiger partial charge < -0.3 is 15.3 Å². The maximum Gasteiger partial charge on any atom is 0.317 e. The molecular weight excluding hydrogens is 430 g/mol. The highest BCUT2D eigenvalue weighted by molar-refractivity contribution is 7.86. The normalized spacial score (nSPS) is 12.2. The number of rotatable bonds is 8. The first-order valence-corrected chi connectivity index (χ1v) is 10.7. The number of carboxylic acids is 1. The maximum absolute atomic E-state index is 11.3. The molecule has 0 amide bonds. The monoisotopic (exact) mass is 447 g/mol. The van der Waals surface area contributed by atoms with Crippen LogP contribution in [0.1, 0.15) is 11.1 Å². The predicted octanol–water partition coefficient (Wildman–Crippen LogP) is 0.678. The molecule has 0 heterocycles. The molecule has 0 unspecified atom stereocenters. The van der Waals surface area contributed by atoms with E-state index < -0.39 is 42.5 Å². The molecule has 0 aliphatic carbocycles. The van der Waals surface area contributed by atoms with Gasteiger partial charge in [-0.1, -0.05) is 0 Å². The van der Waals surface area contributed by atoms with E-state index in [-0.39, 0.29) is 35.7 Å². The van der Waals surface area contributed by atoms with Crippen molar-refractivity contribution in [1.82, 2.24) is 4.90 Å². The summed E-state index contributed by atoms with van der Waals surface area (Å²) in [6.45, 7) is -1.26. The minimum Gasteiger partial charge on any atom is -0.508 e. The number of hydrogen-bond donors (Lipinski definition) is 5. The topological polar surface area (TPSA) is 190 Å². The van der Waals surface area contributed by atoms with Crippen LogP contribution in [0.5, 0.6) is 11.5 Å². The van der Waals surface area contributed by atoms with Gasteiger partial charge in [0, 0.05) is 24.2 Å². The number of phenolic OH excluding ortho intramolecular Hbond substituents is 2. The van der Waals surface area contributed by atoms with Crippen LogP contribution in [0.15, 0.2) is 46.2 Å². The minimum atomic E-state index is -4.57. The predicted molar refractivity (Wildman–Crippen MR) is 97.6 cm³/mol. The highest BCUT2D eigenvalue weighted by atomic mass is 32.2. The van der Waals surface area contributed by atoms with Gasteiger partial charge in [-0.15, -0.1) is 0 Å². The third-order valence-corrected chi connectivity index (χ3v) is 5.54. The van der Waals surface area contributed by atoms with Crippen LogP contribution < -0.4 is 0 Å².